The topological polar surface area (TPSA) is 67.2 Å². The van der Waals surface area contributed by atoms with Crippen LogP contribution in [-0.2, 0) is 16.1 Å². The minimum Gasteiger partial charge on any atom is -0.347 e. The summed E-state index contributed by atoms with van der Waals surface area (Å²) in [7, 11) is 0. The van der Waals surface area contributed by atoms with Crippen molar-refractivity contribution in [1.29, 1.82) is 0 Å². The van der Waals surface area contributed by atoms with Gasteiger partial charge in [0.1, 0.15) is 0 Å². The van der Waals surface area contributed by atoms with Gasteiger partial charge in [-0.25, -0.2) is 0 Å². The van der Waals surface area contributed by atoms with Crippen LogP contribution in [-0.4, -0.2) is 39.6 Å². The van der Waals surface area contributed by atoms with Crippen LogP contribution in [0.2, 0.25) is 0 Å². The number of hydrogen-bond acceptors (Lipinski definition) is 3. The maximum absolute atomic E-state index is 12.4. The second-order valence-electron chi connectivity index (χ2n) is 6.50. The molecule has 1 aliphatic rings. The fourth-order valence-corrected chi connectivity index (χ4v) is 3.11. The second-order valence-corrected chi connectivity index (χ2v) is 6.50. The van der Waals surface area contributed by atoms with Gasteiger partial charge in [0.15, 0.2) is 0 Å². The van der Waals surface area contributed by atoms with Crippen LogP contribution in [0.1, 0.15) is 36.4 Å². The molecule has 0 spiro atoms. The van der Waals surface area contributed by atoms with Gasteiger partial charge in [-0.1, -0.05) is 30.3 Å². The predicted octanol–water partition coefficient (Wildman–Crippen LogP) is 2.06. The van der Waals surface area contributed by atoms with Crippen molar-refractivity contribution in [2.24, 2.45) is 0 Å². The lowest BCUT2D eigenvalue weighted by Crippen LogP contribution is -2.38. The zero-order valence-electron chi connectivity index (χ0n) is 14.5. The highest BCUT2D eigenvalue weighted by Crippen LogP contribution is 2.18. The van der Waals surface area contributed by atoms with Gasteiger partial charge in [0.25, 0.3) is 0 Å². The van der Waals surface area contributed by atoms with Crippen molar-refractivity contribution in [3.05, 3.63) is 53.9 Å². The van der Waals surface area contributed by atoms with E-state index in [-0.39, 0.29) is 17.9 Å². The lowest BCUT2D eigenvalue weighted by Gasteiger charge is -2.25. The van der Waals surface area contributed by atoms with Crippen LogP contribution in [0.25, 0.3) is 0 Å². The van der Waals surface area contributed by atoms with Crippen molar-refractivity contribution >= 4 is 11.8 Å². The number of carbonyl (C=O) groups excluding carboxylic acids is 2. The number of aromatic nitrogens is 2. The minimum absolute atomic E-state index is 0.0337. The van der Waals surface area contributed by atoms with Gasteiger partial charge in [0, 0.05) is 38.7 Å². The highest BCUT2D eigenvalue weighted by atomic mass is 16.2. The SMILES string of the molecule is Cc1cnn(CCC(=O)NC(CN2CCCC2=O)c2ccccc2)c1. The standard InChI is InChI=1S/C19H24N4O2/c1-15-12-20-23(13-15)11-9-18(24)21-17(16-6-3-2-4-7-16)14-22-10-5-8-19(22)25/h2-4,6-7,12-13,17H,5,8-11,14H2,1H3,(H,21,24). The Kier molecular flexibility index (Phi) is 5.48. The summed E-state index contributed by atoms with van der Waals surface area (Å²) in [6.07, 6.45) is 5.56. The Morgan fingerprint density at radius 2 is 2.12 bits per heavy atom. The third-order valence-electron chi connectivity index (χ3n) is 4.44. The summed E-state index contributed by atoms with van der Waals surface area (Å²) in [5.41, 5.74) is 2.10. The molecule has 0 saturated carbocycles. The van der Waals surface area contributed by atoms with Gasteiger partial charge in [-0.15, -0.1) is 0 Å². The van der Waals surface area contributed by atoms with Gasteiger partial charge in [-0.3, -0.25) is 14.3 Å². The molecule has 3 rings (SSSR count). The van der Waals surface area contributed by atoms with Crippen molar-refractivity contribution in [3.8, 4) is 0 Å². The van der Waals surface area contributed by atoms with E-state index in [0.717, 1.165) is 24.1 Å². The molecule has 25 heavy (non-hydrogen) atoms. The first-order chi connectivity index (χ1) is 12.1. The van der Waals surface area contributed by atoms with Crippen LogP contribution < -0.4 is 5.32 Å². The molecule has 6 nitrogen and oxygen atoms in total. The highest BCUT2D eigenvalue weighted by Gasteiger charge is 2.25. The summed E-state index contributed by atoms with van der Waals surface area (Å²) in [6, 6.07) is 9.64. The van der Waals surface area contributed by atoms with Crippen molar-refractivity contribution in [2.45, 2.75) is 38.8 Å². The van der Waals surface area contributed by atoms with Gasteiger partial charge < -0.3 is 10.2 Å². The number of amides is 2. The van der Waals surface area contributed by atoms with Crippen LogP contribution in [0.3, 0.4) is 0 Å². The third-order valence-corrected chi connectivity index (χ3v) is 4.44. The molecule has 0 aliphatic carbocycles. The minimum atomic E-state index is -0.185. The van der Waals surface area contributed by atoms with Crippen LogP contribution in [0, 0.1) is 6.92 Å². The van der Waals surface area contributed by atoms with E-state index in [2.05, 4.69) is 10.4 Å². The first-order valence-electron chi connectivity index (χ1n) is 8.73. The summed E-state index contributed by atoms with van der Waals surface area (Å²) in [4.78, 5) is 26.2. The van der Waals surface area contributed by atoms with E-state index in [0.29, 0.717) is 25.9 Å². The summed E-state index contributed by atoms with van der Waals surface area (Å²) < 4.78 is 1.77. The molecule has 0 radical (unpaired) electrons. The van der Waals surface area contributed by atoms with Crippen molar-refractivity contribution in [2.75, 3.05) is 13.1 Å². The fraction of sp³-hybridized carbons (Fsp3) is 0.421. The number of nitrogens with one attached hydrogen (secondary N) is 1. The Labute approximate surface area is 147 Å². The maximum atomic E-state index is 12.4. The average Bonchev–Trinajstić information content (AvgIpc) is 3.21. The third kappa shape index (κ3) is 4.68. The molecule has 1 aromatic heterocycles. The lowest BCUT2D eigenvalue weighted by atomic mass is 10.1. The van der Waals surface area contributed by atoms with E-state index >= 15 is 0 Å². The number of carbonyl (C=O) groups is 2. The zero-order chi connectivity index (χ0) is 17.6. The largest absolute Gasteiger partial charge is 0.347 e. The van der Waals surface area contributed by atoms with Crippen LogP contribution >= 0.6 is 0 Å². The zero-order valence-corrected chi connectivity index (χ0v) is 14.5. The number of aryl methyl sites for hydroxylation is 2. The van der Waals surface area contributed by atoms with Crippen LogP contribution in [0.4, 0.5) is 0 Å². The molecule has 2 amide bonds. The normalized spacial score (nSPS) is 15.4. The van der Waals surface area contributed by atoms with Crippen molar-refractivity contribution < 1.29 is 9.59 Å². The summed E-state index contributed by atoms with van der Waals surface area (Å²) >= 11 is 0. The number of hydrogen-bond donors (Lipinski definition) is 1. The van der Waals surface area contributed by atoms with Gasteiger partial charge in [-0.05, 0) is 24.5 Å². The quantitative estimate of drug-likeness (QED) is 0.839. The molecule has 1 fully saturated rings. The molecule has 0 bridgehead atoms. The predicted molar refractivity (Wildman–Crippen MR) is 94.7 cm³/mol. The smallest absolute Gasteiger partial charge is 0.222 e. The van der Waals surface area contributed by atoms with E-state index in [4.69, 9.17) is 0 Å². The molecular weight excluding hydrogens is 316 g/mol. The summed E-state index contributed by atoms with van der Waals surface area (Å²) in [5, 5.41) is 7.29. The van der Waals surface area contributed by atoms with Gasteiger partial charge in [0.2, 0.25) is 11.8 Å². The average molecular weight is 340 g/mol. The number of nitrogens with zero attached hydrogens (tertiary/aromatic N) is 3. The monoisotopic (exact) mass is 340 g/mol. The van der Waals surface area contributed by atoms with Crippen LogP contribution in [0.15, 0.2) is 42.7 Å². The fourth-order valence-electron chi connectivity index (χ4n) is 3.11. The van der Waals surface area contributed by atoms with E-state index in [1.807, 2.05) is 48.4 Å². The van der Waals surface area contributed by atoms with E-state index in [9.17, 15) is 9.59 Å². The molecule has 1 aliphatic heterocycles. The molecule has 1 N–H and O–H groups in total. The lowest BCUT2D eigenvalue weighted by molar-refractivity contribution is -0.129. The highest BCUT2D eigenvalue weighted by molar-refractivity contribution is 5.79. The Balaban J connectivity index is 1.62. The van der Waals surface area contributed by atoms with Crippen molar-refractivity contribution in [1.82, 2.24) is 20.0 Å². The molecule has 1 unspecified atom stereocenters. The molecule has 2 aromatic rings. The number of benzene rings is 1. The Bertz CT molecular complexity index is 726. The Hall–Kier alpha value is -2.63. The van der Waals surface area contributed by atoms with Crippen LogP contribution in [0.5, 0.6) is 0 Å². The Morgan fingerprint density at radius 1 is 1.32 bits per heavy atom. The first-order valence-corrected chi connectivity index (χ1v) is 8.73. The summed E-state index contributed by atoms with van der Waals surface area (Å²) in [6.45, 7) is 3.81. The second kappa shape index (κ2) is 7.96. The Morgan fingerprint density at radius 3 is 2.76 bits per heavy atom. The van der Waals surface area contributed by atoms with Gasteiger partial charge in [-0.2, -0.15) is 5.10 Å². The maximum Gasteiger partial charge on any atom is 0.222 e. The molecule has 1 aromatic carbocycles. The molecule has 1 saturated heterocycles. The first kappa shape index (κ1) is 17.2. The molecule has 1 atom stereocenters. The van der Waals surface area contributed by atoms with E-state index in [1.165, 1.54) is 0 Å². The molecule has 6 heteroatoms. The van der Waals surface area contributed by atoms with Gasteiger partial charge >= 0.3 is 0 Å². The van der Waals surface area contributed by atoms with Crippen molar-refractivity contribution in [3.63, 3.8) is 0 Å². The van der Waals surface area contributed by atoms with E-state index < -0.39 is 0 Å². The molecule has 2 heterocycles. The molecular formula is C19H24N4O2. The van der Waals surface area contributed by atoms with Gasteiger partial charge in [0.05, 0.1) is 12.2 Å². The number of likely N-dealkylation sites (tertiary alicyclic amines) is 1. The van der Waals surface area contributed by atoms with E-state index in [1.54, 1.807) is 10.9 Å². The summed E-state index contributed by atoms with van der Waals surface area (Å²) in [5.74, 6) is 0.135. The number of rotatable bonds is 7. The molecule has 132 valence electrons.